The lowest BCUT2D eigenvalue weighted by Crippen LogP contribution is -2.51. The van der Waals surface area contributed by atoms with Crippen LogP contribution in [0.1, 0.15) is 25.3 Å². The number of amides is 1. The minimum Gasteiger partial charge on any atom is -0.354 e. The van der Waals surface area contributed by atoms with Crippen LogP contribution in [0.3, 0.4) is 0 Å². The molecular formula is C12H18N2OS. The lowest BCUT2D eigenvalue weighted by molar-refractivity contribution is -0.126. The standard InChI is InChI=1S/C12H18N2OS/c1-12(5-2-6-14-12)11(15)13-7-3-10-4-8-16-9-10/h4,8-9,14H,2-3,5-7H2,1H3,(H,13,15). The normalized spacial score (nSPS) is 24.6. The van der Waals surface area contributed by atoms with E-state index in [2.05, 4.69) is 27.5 Å². The van der Waals surface area contributed by atoms with Crippen molar-refractivity contribution in [2.75, 3.05) is 13.1 Å². The van der Waals surface area contributed by atoms with Gasteiger partial charge < -0.3 is 10.6 Å². The molecule has 1 unspecified atom stereocenters. The van der Waals surface area contributed by atoms with Crippen molar-refractivity contribution < 1.29 is 4.79 Å². The van der Waals surface area contributed by atoms with E-state index in [0.717, 1.165) is 32.4 Å². The first-order valence-electron chi connectivity index (χ1n) is 5.75. The van der Waals surface area contributed by atoms with Crippen molar-refractivity contribution in [3.63, 3.8) is 0 Å². The average molecular weight is 238 g/mol. The van der Waals surface area contributed by atoms with Gasteiger partial charge in [-0.3, -0.25) is 4.79 Å². The summed E-state index contributed by atoms with van der Waals surface area (Å²) in [6, 6.07) is 2.10. The van der Waals surface area contributed by atoms with Crippen molar-refractivity contribution in [3.8, 4) is 0 Å². The Bertz CT molecular complexity index is 342. The van der Waals surface area contributed by atoms with E-state index in [1.807, 2.05) is 6.92 Å². The second-order valence-corrected chi connectivity index (χ2v) is 5.28. The van der Waals surface area contributed by atoms with Crippen molar-refractivity contribution in [1.29, 1.82) is 0 Å². The zero-order chi connectivity index (χ0) is 11.4. The van der Waals surface area contributed by atoms with Gasteiger partial charge in [0.15, 0.2) is 0 Å². The Labute approximate surface area is 100 Å². The van der Waals surface area contributed by atoms with Crippen molar-refractivity contribution in [2.45, 2.75) is 31.7 Å². The van der Waals surface area contributed by atoms with Crippen LogP contribution < -0.4 is 10.6 Å². The molecule has 16 heavy (non-hydrogen) atoms. The molecule has 3 nitrogen and oxygen atoms in total. The molecule has 1 amide bonds. The lowest BCUT2D eigenvalue weighted by atomic mass is 9.99. The fraction of sp³-hybridized carbons (Fsp3) is 0.583. The quantitative estimate of drug-likeness (QED) is 0.835. The summed E-state index contributed by atoms with van der Waals surface area (Å²) in [5.74, 6) is 0.139. The molecule has 0 aromatic carbocycles. The van der Waals surface area contributed by atoms with E-state index >= 15 is 0 Å². The maximum Gasteiger partial charge on any atom is 0.240 e. The van der Waals surface area contributed by atoms with Gasteiger partial charge in [-0.2, -0.15) is 11.3 Å². The second kappa shape index (κ2) is 4.97. The van der Waals surface area contributed by atoms with Crippen molar-refractivity contribution in [3.05, 3.63) is 22.4 Å². The number of carbonyl (C=O) groups excluding carboxylic acids is 1. The monoisotopic (exact) mass is 238 g/mol. The van der Waals surface area contributed by atoms with E-state index in [4.69, 9.17) is 0 Å². The fourth-order valence-electron chi connectivity index (χ4n) is 2.04. The van der Waals surface area contributed by atoms with Gasteiger partial charge in [-0.1, -0.05) is 0 Å². The number of carbonyl (C=O) groups is 1. The molecule has 88 valence electrons. The summed E-state index contributed by atoms with van der Waals surface area (Å²) >= 11 is 1.70. The molecule has 1 aliphatic rings. The number of nitrogens with one attached hydrogen (secondary N) is 2. The largest absolute Gasteiger partial charge is 0.354 e. The second-order valence-electron chi connectivity index (χ2n) is 4.50. The van der Waals surface area contributed by atoms with E-state index in [0.29, 0.717) is 0 Å². The van der Waals surface area contributed by atoms with Crippen LogP contribution in [-0.4, -0.2) is 24.5 Å². The maximum absolute atomic E-state index is 11.9. The molecule has 0 aliphatic carbocycles. The lowest BCUT2D eigenvalue weighted by Gasteiger charge is -2.22. The van der Waals surface area contributed by atoms with E-state index in [9.17, 15) is 4.79 Å². The Morgan fingerprint density at radius 2 is 2.56 bits per heavy atom. The van der Waals surface area contributed by atoms with Crippen LogP contribution in [0.4, 0.5) is 0 Å². The highest BCUT2D eigenvalue weighted by atomic mass is 32.1. The third-order valence-corrected chi connectivity index (χ3v) is 3.88. The summed E-state index contributed by atoms with van der Waals surface area (Å²) < 4.78 is 0. The third kappa shape index (κ3) is 2.62. The summed E-state index contributed by atoms with van der Waals surface area (Å²) in [5.41, 5.74) is 0.962. The molecule has 1 saturated heterocycles. The molecule has 1 aromatic rings. The Morgan fingerprint density at radius 3 is 3.19 bits per heavy atom. The van der Waals surface area contributed by atoms with Gasteiger partial charge in [0.2, 0.25) is 5.91 Å². The van der Waals surface area contributed by atoms with Crippen LogP contribution in [0, 0.1) is 0 Å². The van der Waals surface area contributed by atoms with Crippen molar-refractivity contribution >= 4 is 17.2 Å². The van der Waals surface area contributed by atoms with Gasteiger partial charge in [-0.15, -0.1) is 0 Å². The number of rotatable bonds is 4. The molecular weight excluding hydrogens is 220 g/mol. The topological polar surface area (TPSA) is 41.1 Å². The van der Waals surface area contributed by atoms with Crippen molar-refractivity contribution in [2.24, 2.45) is 0 Å². The SMILES string of the molecule is CC1(C(=O)NCCc2ccsc2)CCCN1. The Balaban J connectivity index is 1.75. The van der Waals surface area contributed by atoms with Gasteiger partial charge >= 0.3 is 0 Å². The summed E-state index contributed by atoms with van der Waals surface area (Å²) in [4.78, 5) is 11.9. The molecule has 0 spiro atoms. The van der Waals surface area contributed by atoms with E-state index < -0.39 is 0 Å². The summed E-state index contributed by atoms with van der Waals surface area (Å²) in [6.07, 6.45) is 2.96. The number of hydrogen-bond acceptors (Lipinski definition) is 3. The third-order valence-electron chi connectivity index (χ3n) is 3.15. The molecule has 1 aromatic heterocycles. The Morgan fingerprint density at radius 1 is 1.69 bits per heavy atom. The summed E-state index contributed by atoms with van der Waals surface area (Å²) in [5, 5.41) is 10.5. The van der Waals surface area contributed by atoms with E-state index in [1.54, 1.807) is 11.3 Å². The highest BCUT2D eigenvalue weighted by Crippen LogP contribution is 2.18. The van der Waals surface area contributed by atoms with Crippen LogP contribution in [0.2, 0.25) is 0 Å². The van der Waals surface area contributed by atoms with Gasteiger partial charge in [0, 0.05) is 6.54 Å². The zero-order valence-corrected chi connectivity index (χ0v) is 10.4. The van der Waals surface area contributed by atoms with Crippen LogP contribution >= 0.6 is 11.3 Å². The molecule has 0 radical (unpaired) electrons. The first-order valence-corrected chi connectivity index (χ1v) is 6.69. The van der Waals surface area contributed by atoms with Gasteiger partial charge in [-0.25, -0.2) is 0 Å². The predicted octanol–water partition coefficient (Wildman–Crippen LogP) is 1.55. The molecule has 0 bridgehead atoms. The summed E-state index contributed by atoms with van der Waals surface area (Å²) in [6.45, 7) is 3.67. The van der Waals surface area contributed by atoms with Crippen LogP contribution in [0.15, 0.2) is 16.8 Å². The Kier molecular flexibility index (Phi) is 3.61. The molecule has 0 saturated carbocycles. The van der Waals surface area contributed by atoms with Crippen molar-refractivity contribution in [1.82, 2.24) is 10.6 Å². The minimum absolute atomic E-state index is 0.139. The molecule has 1 aliphatic heterocycles. The maximum atomic E-state index is 11.9. The molecule has 1 atom stereocenters. The predicted molar refractivity (Wildman–Crippen MR) is 66.7 cm³/mol. The van der Waals surface area contributed by atoms with Crippen LogP contribution in [0.5, 0.6) is 0 Å². The highest BCUT2D eigenvalue weighted by Gasteiger charge is 2.35. The van der Waals surface area contributed by atoms with E-state index in [1.165, 1.54) is 5.56 Å². The highest BCUT2D eigenvalue weighted by molar-refractivity contribution is 7.07. The molecule has 2 N–H and O–H groups in total. The molecule has 1 fully saturated rings. The van der Waals surface area contributed by atoms with Gasteiger partial charge in [0.25, 0.3) is 0 Å². The smallest absolute Gasteiger partial charge is 0.240 e. The van der Waals surface area contributed by atoms with Crippen LogP contribution in [-0.2, 0) is 11.2 Å². The number of hydrogen-bond donors (Lipinski definition) is 2. The molecule has 2 rings (SSSR count). The minimum atomic E-state index is -0.339. The zero-order valence-electron chi connectivity index (χ0n) is 9.58. The average Bonchev–Trinajstić information content (AvgIpc) is 2.90. The van der Waals surface area contributed by atoms with E-state index in [-0.39, 0.29) is 11.4 Å². The van der Waals surface area contributed by atoms with Gasteiger partial charge in [0.1, 0.15) is 0 Å². The van der Waals surface area contributed by atoms with Gasteiger partial charge in [0.05, 0.1) is 5.54 Å². The van der Waals surface area contributed by atoms with Gasteiger partial charge in [-0.05, 0) is 55.1 Å². The first-order chi connectivity index (χ1) is 7.71. The summed E-state index contributed by atoms with van der Waals surface area (Å²) in [7, 11) is 0. The van der Waals surface area contributed by atoms with Crippen LogP contribution in [0.25, 0.3) is 0 Å². The molecule has 2 heterocycles. The molecule has 4 heteroatoms. The Hall–Kier alpha value is -0.870. The fourth-order valence-corrected chi connectivity index (χ4v) is 2.74. The number of thiophene rings is 1. The first kappa shape index (κ1) is 11.6.